The highest BCUT2D eigenvalue weighted by Crippen LogP contribution is 2.37. The van der Waals surface area contributed by atoms with Crippen LogP contribution in [0.1, 0.15) is 71.1 Å². The second-order valence-electron chi connectivity index (χ2n) is 8.10. The molecule has 21 heavy (non-hydrogen) atoms. The summed E-state index contributed by atoms with van der Waals surface area (Å²) in [5.41, 5.74) is 0.0102. The summed E-state index contributed by atoms with van der Waals surface area (Å²) in [5, 5.41) is 13.8. The normalized spacial score (nSPS) is 41.4. The van der Waals surface area contributed by atoms with E-state index >= 15 is 0 Å². The van der Waals surface area contributed by atoms with Gasteiger partial charge in [-0.05, 0) is 64.3 Å². The Bertz CT molecular complexity index is 344. The lowest BCUT2D eigenvalue weighted by Crippen LogP contribution is -2.57. The maximum Gasteiger partial charge on any atom is 0.0613 e. The zero-order chi connectivity index (χ0) is 14.9. The zero-order valence-electron chi connectivity index (χ0n) is 14.0. The number of aliphatic hydroxyl groups is 1. The van der Waals surface area contributed by atoms with Crippen molar-refractivity contribution < 1.29 is 5.11 Å². The Kier molecular flexibility index (Phi) is 4.92. The van der Waals surface area contributed by atoms with Crippen LogP contribution in [-0.2, 0) is 0 Å². The molecule has 0 aromatic carbocycles. The van der Waals surface area contributed by atoms with Crippen LogP contribution < -0.4 is 5.32 Å². The van der Waals surface area contributed by atoms with Crippen molar-refractivity contribution in [3.63, 3.8) is 0 Å². The Morgan fingerprint density at radius 1 is 1.10 bits per heavy atom. The molecule has 0 amide bonds. The standard InChI is InChI=1S/C18H34N2O/c1-14-6-3-4-8-17(14)20(2)16-7-5-11-18(12-16,13-21)19-15-9-10-15/h14-17,19,21H,3-13H2,1-2H3. The Balaban J connectivity index is 1.63. The summed E-state index contributed by atoms with van der Waals surface area (Å²) >= 11 is 0. The molecular formula is C18H34N2O. The van der Waals surface area contributed by atoms with Gasteiger partial charge in [0.05, 0.1) is 6.61 Å². The third-order valence-corrected chi connectivity index (χ3v) is 6.37. The summed E-state index contributed by atoms with van der Waals surface area (Å²) in [6, 6.07) is 2.11. The van der Waals surface area contributed by atoms with Crippen LogP contribution in [0.4, 0.5) is 0 Å². The molecule has 0 bridgehead atoms. The molecule has 4 unspecified atom stereocenters. The molecule has 3 rings (SSSR count). The summed E-state index contributed by atoms with van der Waals surface area (Å²) < 4.78 is 0. The van der Waals surface area contributed by atoms with Crippen LogP contribution in [0, 0.1) is 5.92 Å². The third kappa shape index (κ3) is 3.62. The molecule has 0 radical (unpaired) electrons. The summed E-state index contributed by atoms with van der Waals surface area (Å²) in [4.78, 5) is 2.68. The molecule has 3 saturated carbocycles. The monoisotopic (exact) mass is 294 g/mol. The first-order chi connectivity index (χ1) is 10.1. The van der Waals surface area contributed by atoms with E-state index in [0.29, 0.717) is 18.7 Å². The van der Waals surface area contributed by atoms with Gasteiger partial charge in [-0.15, -0.1) is 0 Å². The minimum absolute atomic E-state index is 0.0102. The highest BCUT2D eigenvalue weighted by molar-refractivity contribution is 5.01. The fourth-order valence-electron chi connectivity index (χ4n) is 4.83. The lowest BCUT2D eigenvalue weighted by molar-refractivity contribution is 0.0285. The molecule has 0 spiro atoms. The van der Waals surface area contributed by atoms with Crippen LogP contribution in [0.3, 0.4) is 0 Å². The number of nitrogens with zero attached hydrogens (tertiary/aromatic N) is 1. The fourth-order valence-corrected chi connectivity index (χ4v) is 4.83. The van der Waals surface area contributed by atoms with Gasteiger partial charge in [-0.25, -0.2) is 0 Å². The molecule has 122 valence electrons. The van der Waals surface area contributed by atoms with Crippen LogP contribution in [0.15, 0.2) is 0 Å². The average Bonchev–Trinajstić information content (AvgIpc) is 3.31. The van der Waals surface area contributed by atoms with Gasteiger partial charge in [0.2, 0.25) is 0 Å². The molecule has 3 nitrogen and oxygen atoms in total. The molecule has 3 aliphatic rings. The smallest absolute Gasteiger partial charge is 0.0613 e. The van der Waals surface area contributed by atoms with Crippen LogP contribution in [0.5, 0.6) is 0 Å². The van der Waals surface area contributed by atoms with E-state index in [1.807, 2.05) is 0 Å². The second-order valence-corrected chi connectivity index (χ2v) is 8.10. The summed E-state index contributed by atoms with van der Waals surface area (Å²) in [7, 11) is 2.35. The number of aliphatic hydroxyl groups excluding tert-OH is 1. The average molecular weight is 294 g/mol. The van der Waals surface area contributed by atoms with Crippen molar-refractivity contribution in [3.05, 3.63) is 0 Å². The Labute approximate surface area is 130 Å². The molecule has 0 heterocycles. The van der Waals surface area contributed by atoms with E-state index in [-0.39, 0.29) is 5.54 Å². The van der Waals surface area contributed by atoms with Crippen molar-refractivity contribution in [3.8, 4) is 0 Å². The molecular weight excluding hydrogens is 260 g/mol. The minimum atomic E-state index is 0.0102. The van der Waals surface area contributed by atoms with E-state index in [4.69, 9.17) is 0 Å². The van der Waals surface area contributed by atoms with E-state index in [9.17, 15) is 5.11 Å². The second kappa shape index (κ2) is 6.55. The highest BCUT2D eigenvalue weighted by atomic mass is 16.3. The molecule has 0 aliphatic heterocycles. The van der Waals surface area contributed by atoms with Crippen molar-refractivity contribution >= 4 is 0 Å². The first-order valence-electron chi connectivity index (χ1n) is 9.24. The molecule has 3 fully saturated rings. The van der Waals surface area contributed by atoms with Crippen molar-refractivity contribution in [2.24, 2.45) is 5.92 Å². The van der Waals surface area contributed by atoms with E-state index in [1.165, 1.54) is 51.4 Å². The van der Waals surface area contributed by atoms with Crippen LogP contribution in [-0.4, -0.2) is 47.3 Å². The number of hydrogen-bond acceptors (Lipinski definition) is 3. The van der Waals surface area contributed by atoms with Gasteiger partial charge in [-0.1, -0.05) is 19.8 Å². The largest absolute Gasteiger partial charge is 0.394 e. The number of nitrogens with one attached hydrogen (secondary N) is 1. The van der Waals surface area contributed by atoms with Crippen LogP contribution in [0.2, 0.25) is 0 Å². The maximum atomic E-state index is 10.00. The Hall–Kier alpha value is -0.120. The van der Waals surface area contributed by atoms with Gasteiger partial charge in [0.25, 0.3) is 0 Å². The predicted molar refractivity (Wildman–Crippen MR) is 87.4 cm³/mol. The van der Waals surface area contributed by atoms with E-state index in [0.717, 1.165) is 24.8 Å². The van der Waals surface area contributed by atoms with Crippen LogP contribution in [0.25, 0.3) is 0 Å². The predicted octanol–water partition coefficient (Wildman–Crippen LogP) is 2.92. The Morgan fingerprint density at radius 2 is 1.86 bits per heavy atom. The SMILES string of the molecule is CC1CCCCC1N(C)C1CCCC(CO)(NC2CC2)C1. The van der Waals surface area contributed by atoms with E-state index in [1.54, 1.807) is 0 Å². The van der Waals surface area contributed by atoms with Crippen LogP contribution >= 0.6 is 0 Å². The first-order valence-corrected chi connectivity index (χ1v) is 9.24. The number of rotatable bonds is 5. The van der Waals surface area contributed by atoms with Gasteiger partial charge in [-0.3, -0.25) is 0 Å². The van der Waals surface area contributed by atoms with Crippen molar-refractivity contribution in [2.45, 2.75) is 94.8 Å². The van der Waals surface area contributed by atoms with Gasteiger partial charge in [0, 0.05) is 23.7 Å². The van der Waals surface area contributed by atoms with Crippen molar-refractivity contribution in [2.75, 3.05) is 13.7 Å². The van der Waals surface area contributed by atoms with Gasteiger partial charge >= 0.3 is 0 Å². The molecule has 0 saturated heterocycles. The lowest BCUT2D eigenvalue weighted by Gasteiger charge is -2.47. The van der Waals surface area contributed by atoms with Crippen molar-refractivity contribution in [1.29, 1.82) is 0 Å². The third-order valence-electron chi connectivity index (χ3n) is 6.37. The topological polar surface area (TPSA) is 35.5 Å². The first kappa shape index (κ1) is 15.8. The van der Waals surface area contributed by atoms with E-state index in [2.05, 4.69) is 24.2 Å². The summed E-state index contributed by atoms with van der Waals surface area (Å²) in [6.45, 7) is 2.75. The molecule has 2 N–H and O–H groups in total. The van der Waals surface area contributed by atoms with E-state index < -0.39 is 0 Å². The minimum Gasteiger partial charge on any atom is -0.394 e. The Morgan fingerprint density at radius 3 is 2.52 bits per heavy atom. The number of hydrogen-bond donors (Lipinski definition) is 2. The lowest BCUT2D eigenvalue weighted by atomic mass is 9.77. The molecule has 3 heteroatoms. The highest BCUT2D eigenvalue weighted by Gasteiger charge is 2.42. The van der Waals surface area contributed by atoms with Gasteiger partial charge < -0.3 is 15.3 Å². The molecule has 4 atom stereocenters. The zero-order valence-corrected chi connectivity index (χ0v) is 14.0. The van der Waals surface area contributed by atoms with Gasteiger partial charge in [-0.2, -0.15) is 0 Å². The summed E-state index contributed by atoms with van der Waals surface area (Å²) in [6.07, 6.45) is 13.1. The quantitative estimate of drug-likeness (QED) is 0.818. The molecule has 0 aromatic heterocycles. The fraction of sp³-hybridized carbons (Fsp3) is 1.00. The van der Waals surface area contributed by atoms with Gasteiger partial charge in [0.1, 0.15) is 0 Å². The molecule has 0 aromatic rings. The maximum absolute atomic E-state index is 10.00. The van der Waals surface area contributed by atoms with Crippen molar-refractivity contribution in [1.82, 2.24) is 10.2 Å². The summed E-state index contributed by atoms with van der Waals surface area (Å²) in [5.74, 6) is 0.839. The van der Waals surface area contributed by atoms with Gasteiger partial charge in [0.15, 0.2) is 0 Å². The molecule has 3 aliphatic carbocycles.